The fourth-order valence-electron chi connectivity index (χ4n) is 2.23. The number of alkyl halides is 3. The minimum absolute atomic E-state index is 0.00522. The first-order valence-electron chi connectivity index (χ1n) is 5.88. The van der Waals surface area contributed by atoms with Crippen LogP contribution in [0.15, 0.2) is 0 Å². The number of carboxylic acids is 1. The molecule has 1 aliphatic heterocycles. The Morgan fingerprint density at radius 1 is 1.17 bits per heavy atom. The monoisotopic (exact) mass is 267 g/mol. The van der Waals surface area contributed by atoms with Crippen LogP contribution in [-0.2, 0) is 9.59 Å². The zero-order chi connectivity index (χ0) is 13.8. The number of likely N-dealkylation sites (tertiary alicyclic amines) is 1. The second kappa shape index (κ2) is 6.06. The maximum absolute atomic E-state index is 12.2. The fourth-order valence-corrected chi connectivity index (χ4v) is 2.23. The summed E-state index contributed by atoms with van der Waals surface area (Å²) >= 11 is 0. The first-order chi connectivity index (χ1) is 8.30. The highest BCUT2D eigenvalue weighted by atomic mass is 19.4. The summed E-state index contributed by atoms with van der Waals surface area (Å²) in [5, 5.41) is 8.66. The van der Waals surface area contributed by atoms with Gasteiger partial charge < -0.3 is 10.0 Å². The van der Waals surface area contributed by atoms with E-state index in [1.807, 2.05) is 0 Å². The van der Waals surface area contributed by atoms with Crippen LogP contribution in [-0.4, -0.2) is 41.1 Å². The highest BCUT2D eigenvalue weighted by molar-refractivity contribution is 5.81. The topological polar surface area (TPSA) is 57.6 Å². The predicted molar refractivity (Wildman–Crippen MR) is 56.8 cm³/mol. The zero-order valence-electron chi connectivity index (χ0n) is 9.87. The average molecular weight is 267 g/mol. The summed E-state index contributed by atoms with van der Waals surface area (Å²) in [6.45, 7) is 0.100. The van der Waals surface area contributed by atoms with Crippen LogP contribution in [0.2, 0.25) is 0 Å². The van der Waals surface area contributed by atoms with Gasteiger partial charge in [0.05, 0.1) is 0 Å². The van der Waals surface area contributed by atoms with E-state index in [0.29, 0.717) is 25.7 Å². The van der Waals surface area contributed by atoms with Crippen molar-refractivity contribution in [3.63, 3.8) is 0 Å². The molecule has 1 N–H and O–H groups in total. The molecular formula is C11H16F3NO3. The Hall–Kier alpha value is -1.27. The van der Waals surface area contributed by atoms with E-state index in [0.717, 1.165) is 4.90 Å². The molecular weight excluding hydrogens is 251 g/mol. The van der Waals surface area contributed by atoms with Crippen LogP contribution in [0, 0.1) is 5.92 Å². The highest BCUT2D eigenvalue weighted by Gasteiger charge is 2.42. The first-order valence-corrected chi connectivity index (χ1v) is 5.88. The van der Waals surface area contributed by atoms with Gasteiger partial charge in [-0.15, -0.1) is 0 Å². The van der Waals surface area contributed by atoms with Gasteiger partial charge in [0.1, 0.15) is 0 Å². The number of amides is 1. The van der Waals surface area contributed by atoms with Crippen LogP contribution in [0.4, 0.5) is 13.2 Å². The number of halogens is 3. The molecule has 0 radical (unpaired) electrons. The molecule has 1 amide bonds. The first kappa shape index (κ1) is 14.8. The van der Waals surface area contributed by atoms with Gasteiger partial charge in [-0.2, -0.15) is 13.2 Å². The van der Waals surface area contributed by atoms with Crippen molar-refractivity contribution in [2.75, 3.05) is 13.1 Å². The number of rotatable bonds is 2. The van der Waals surface area contributed by atoms with Crippen molar-refractivity contribution in [2.45, 2.75) is 38.3 Å². The Morgan fingerprint density at radius 3 is 2.06 bits per heavy atom. The molecule has 0 unspecified atom stereocenters. The summed E-state index contributed by atoms with van der Waals surface area (Å²) < 4.78 is 36.7. The van der Waals surface area contributed by atoms with E-state index in [-0.39, 0.29) is 25.4 Å². The number of hydrogen-bond acceptors (Lipinski definition) is 2. The molecule has 1 aliphatic rings. The highest BCUT2D eigenvalue weighted by Crippen LogP contribution is 2.24. The van der Waals surface area contributed by atoms with Crippen LogP contribution in [0.3, 0.4) is 0 Å². The Labute approximate surface area is 103 Å². The molecule has 1 rings (SSSR count). The minimum Gasteiger partial charge on any atom is -0.481 e. The standard InChI is InChI=1S/C11H16F3NO3/c12-11(13,14)10(18)15-5-1-3-8(4-2-6-15)7-9(16)17/h8H,1-7H2,(H,16,17). The molecule has 104 valence electrons. The Bertz CT molecular complexity index is 307. The molecule has 7 heteroatoms. The molecule has 0 atom stereocenters. The van der Waals surface area contributed by atoms with Gasteiger partial charge in [0.2, 0.25) is 0 Å². The summed E-state index contributed by atoms with van der Waals surface area (Å²) in [4.78, 5) is 22.4. The Balaban J connectivity index is 2.48. The molecule has 0 aliphatic carbocycles. The summed E-state index contributed by atoms with van der Waals surface area (Å²) in [6.07, 6.45) is -2.84. The van der Waals surface area contributed by atoms with Gasteiger partial charge in [-0.1, -0.05) is 0 Å². The number of nitrogens with zero attached hydrogens (tertiary/aromatic N) is 1. The van der Waals surface area contributed by atoms with E-state index >= 15 is 0 Å². The number of carbonyl (C=O) groups is 2. The van der Waals surface area contributed by atoms with Crippen LogP contribution < -0.4 is 0 Å². The van der Waals surface area contributed by atoms with E-state index in [1.165, 1.54) is 0 Å². The number of carbonyl (C=O) groups excluding carboxylic acids is 1. The summed E-state index contributed by atoms with van der Waals surface area (Å²) in [7, 11) is 0. The second-order valence-corrected chi connectivity index (χ2v) is 4.54. The van der Waals surface area contributed by atoms with E-state index in [4.69, 9.17) is 5.11 Å². The Morgan fingerprint density at radius 2 is 1.67 bits per heavy atom. The van der Waals surface area contributed by atoms with E-state index in [1.54, 1.807) is 0 Å². The zero-order valence-corrected chi connectivity index (χ0v) is 9.87. The smallest absolute Gasteiger partial charge is 0.471 e. The van der Waals surface area contributed by atoms with Crippen molar-refractivity contribution in [1.29, 1.82) is 0 Å². The van der Waals surface area contributed by atoms with Crippen LogP contribution in [0.25, 0.3) is 0 Å². The second-order valence-electron chi connectivity index (χ2n) is 4.54. The number of aliphatic carboxylic acids is 1. The molecule has 4 nitrogen and oxygen atoms in total. The third kappa shape index (κ3) is 4.54. The maximum Gasteiger partial charge on any atom is 0.471 e. The molecule has 0 spiro atoms. The third-order valence-electron chi connectivity index (χ3n) is 3.07. The summed E-state index contributed by atoms with van der Waals surface area (Å²) in [6, 6.07) is 0. The molecule has 0 aromatic rings. The summed E-state index contributed by atoms with van der Waals surface area (Å²) in [5.74, 6) is -2.67. The average Bonchev–Trinajstić information content (AvgIpc) is 2.19. The normalized spacial score (nSPS) is 19.2. The van der Waals surface area contributed by atoms with Crippen molar-refractivity contribution in [3.05, 3.63) is 0 Å². The maximum atomic E-state index is 12.2. The molecule has 1 saturated heterocycles. The van der Waals surface area contributed by atoms with Gasteiger partial charge in [0.25, 0.3) is 0 Å². The molecule has 0 aromatic heterocycles. The number of hydrogen-bond donors (Lipinski definition) is 1. The lowest BCUT2D eigenvalue weighted by Gasteiger charge is -2.28. The molecule has 0 bridgehead atoms. The molecule has 18 heavy (non-hydrogen) atoms. The lowest BCUT2D eigenvalue weighted by Crippen LogP contribution is -2.43. The van der Waals surface area contributed by atoms with Crippen LogP contribution in [0.5, 0.6) is 0 Å². The van der Waals surface area contributed by atoms with Crippen molar-refractivity contribution < 1.29 is 27.9 Å². The van der Waals surface area contributed by atoms with Crippen LogP contribution >= 0.6 is 0 Å². The van der Waals surface area contributed by atoms with Gasteiger partial charge in [0.15, 0.2) is 0 Å². The predicted octanol–water partition coefficient (Wildman–Crippen LogP) is 2.04. The largest absolute Gasteiger partial charge is 0.481 e. The van der Waals surface area contributed by atoms with E-state index in [2.05, 4.69) is 0 Å². The lowest BCUT2D eigenvalue weighted by atomic mass is 9.92. The quantitative estimate of drug-likeness (QED) is 0.833. The van der Waals surface area contributed by atoms with Crippen LogP contribution in [0.1, 0.15) is 32.1 Å². The van der Waals surface area contributed by atoms with E-state index < -0.39 is 18.1 Å². The van der Waals surface area contributed by atoms with Gasteiger partial charge >= 0.3 is 18.1 Å². The molecule has 0 aromatic carbocycles. The minimum atomic E-state index is -4.82. The molecule has 0 saturated carbocycles. The SMILES string of the molecule is O=C(O)CC1CCCN(C(=O)C(F)(F)F)CCC1. The van der Waals surface area contributed by atoms with Gasteiger partial charge in [-0.3, -0.25) is 9.59 Å². The van der Waals surface area contributed by atoms with E-state index in [9.17, 15) is 22.8 Å². The molecule has 1 heterocycles. The van der Waals surface area contributed by atoms with Crippen molar-refractivity contribution in [2.24, 2.45) is 5.92 Å². The van der Waals surface area contributed by atoms with Crippen molar-refractivity contribution >= 4 is 11.9 Å². The summed E-state index contributed by atoms with van der Waals surface area (Å²) in [5.41, 5.74) is 0. The number of carboxylic acid groups (broad SMARTS) is 1. The van der Waals surface area contributed by atoms with Crippen molar-refractivity contribution in [1.82, 2.24) is 4.90 Å². The Kier molecular flexibility index (Phi) is 4.98. The lowest BCUT2D eigenvalue weighted by molar-refractivity contribution is -0.185. The van der Waals surface area contributed by atoms with Gasteiger partial charge in [-0.25, -0.2) is 0 Å². The third-order valence-corrected chi connectivity index (χ3v) is 3.07. The van der Waals surface area contributed by atoms with Crippen molar-refractivity contribution in [3.8, 4) is 0 Å². The fraction of sp³-hybridized carbons (Fsp3) is 0.818. The van der Waals surface area contributed by atoms with Gasteiger partial charge in [0, 0.05) is 19.5 Å². The van der Waals surface area contributed by atoms with Gasteiger partial charge in [-0.05, 0) is 31.6 Å². The molecule has 1 fully saturated rings.